The number of nitro groups is 1. The number of rotatable bonds is 7. The maximum absolute atomic E-state index is 12.4. The molecule has 1 unspecified atom stereocenters. The predicted octanol–water partition coefficient (Wildman–Crippen LogP) is 3.66. The quantitative estimate of drug-likeness (QED) is 0.615. The van der Waals surface area contributed by atoms with Gasteiger partial charge in [0.1, 0.15) is 5.75 Å². The Hall–Kier alpha value is -2.89. The van der Waals surface area contributed by atoms with Crippen LogP contribution in [0.3, 0.4) is 0 Å². The minimum absolute atomic E-state index is 0.0162. The number of ether oxygens (including phenoxy) is 1. The van der Waals surface area contributed by atoms with Crippen molar-refractivity contribution in [3.63, 3.8) is 0 Å². The fraction of sp³-hybridized carbons (Fsp3) is 0.316. The maximum Gasteiger partial charge on any atom is 0.269 e. The van der Waals surface area contributed by atoms with E-state index in [2.05, 4.69) is 5.32 Å². The number of carbonyl (C=O) groups excluding carboxylic acids is 1. The number of non-ortho nitro benzene ring substituents is 1. The molecule has 0 fully saturated rings. The molecule has 0 aliphatic heterocycles. The Morgan fingerprint density at radius 2 is 1.72 bits per heavy atom. The smallest absolute Gasteiger partial charge is 0.269 e. The normalized spacial score (nSPS) is 11.8. The Balaban J connectivity index is 2.05. The fourth-order valence-electron chi connectivity index (χ4n) is 2.59. The van der Waals surface area contributed by atoms with Crippen LogP contribution in [0.1, 0.15) is 31.0 Å². The van der Waals surface area contributed by atoms with Crippen molar-refractivity contribution in [1.29, 1.82) is 0 Å². The molecule has 2 aromatic rings. The molecule has 0 aliphatic carbocycles. The van der Waals surface area contributed by atoms with Gasteiger partial charge in [0.25, 0.3) is 5.69 Å². The molecule has 2 rings (SSSR count). The molecule has 0 heterocycles. The number of methoxy groups -OCH3 is 1. The summed E-state index contributed by atoms with van der Waals surface area (Å²) in [5, 5.41) is 13.7. The summed E-state index contributed by atoms with van der Waals surface area (Å²) < 4.78 is 5.16. The van der Waals surface area contributed by atoms with Crippen LogP contribution in [0.4, 0.5) is 5.69 Å². The van der Waals surface area contributed by atoms with E-state index in [1.165, 1.54) is 12.1 Å². The number of hydrogen-bond acceptors (Lipinski definition) is 4. The third-order valence-electron chi connectivity index (χ3n) is 3.97. The molecular formula is C19H22N2O4. The van der Waals surface area contributed by atoms with Crippen LogP contribution in [0.2, 0.25) is 0 Å². The number of amides is 1. The number of benzene rings is 2. The molecule has 0 bridgehead atoms. The van der Waals surface area contributed by atoms with Gasteiger partial charge in [0.2, 0.25) is 5.91 Å². The average Bonchev–Trinajstić information content (AvgIpc) is 2.60. The van der Waals surface area contributed by atoms with Crippen molar-refractivity contribution in [2.75, 3.05) is 7.11 Å². The number of nitrogens with one attached hydrogen (secondary N) is 1. The highest BCUT2D eigenvalue weighted by atomic mass is 16.6. The van der Waals surface area contributed by atoms with Crippen LogP contribution in [0, 0.1) is 16.0 Å². The fourth-order valence-corrected chi connectivity index (χ4v) is 2.59. The molecule has 1 amide bonds. The van der Waals surface area contributed by atoms with E-state index in [0.29, 0.717) is 0 Å². The molecular weight excluding hydrogens is 320 g/mol. The molecule has 0 aliphatic rings. The van der Waals surface area contributed by atoms with Crippen LogP contribution in [0.5, 0.6) is 5.75 Å². The number of hydrogen-bond donors (Lipinski definition) is 1. The van der Waals surface area contributed by atoms with Gasteiger partial charge in [0, 0.05) is 12.1 Å². The standard InChI is InChI=1S/C19H22N2O4/c1-13(2)19(15-6-10-17(25-3)11-7-15)20-18(22)12-14-4-8-16(9-5-14)21(23)24/h4-11,13,19H,12H2,1-3H3,(H,20,22). The van der Waals surface area contributed by atoms with Crippen molar-refractivity contribution >= 4 is 11.6 Å². The number of nitro benzene ring substituents is 1. The molecule has 0 saturated carbocycles. The average molecular weight is 342 g/mol. The third-order valence-corrected chi connectivity index (χ3v) is 3.97. The van der Waals surface area contributed by atoms with Gasteiger partial charge < -0.3 is 10.1 Å². The summed E-state index contributed by atoms with van der Waals surface area (Å²) >= 11 is 0. The Bertz CT molecular complexity index is 724. The lowest BCUT2D eigenvalue weighted by atomic mass is 9.95. The van der Waals surface area contributed by atoms with Gasteiger partial charge in [-0.25, -0.2) is 0 Å². The van der Waals surface area contributed by atoms with Crippen LogP contribution < -0.4 is 10.1 Å². The van der Waals surface area contributed by atoms with Crippen molar-refractivity contribution in [3.05, 3.63) is 69.8 Å². The zero-order chi connectivity index (χ0) is 18.4. The summed E-state index contributed by atoms with van der Waals surface area (Å²) in [7, 11) is 1.61. The van der Waals surface area contributed by atoms with Gasteiger partial charge in [-0.15, -0.1) is 0 Å². The molecule has 0 saturated heterocycles. The molecule has 6 nitrogen and oxygen atoms in total. The molecule has 132 valence electrons. The molecule has 0 radical (unpaired) electrons. The predicted molar refractivity (Wildman–Crippen MR) is 95.5 cm³/mol. The molecule has 2 aromatic carbocycles. The van der Waals surface area contributed by atoms with Crippen molar-refractivity contribution in [2.45, 2.75) is 26.3 Å². The van der Waals surface area contributed by atoms with Gasteiger partial charge in [0.05, 0.1) is 24.5 Å². The van der Waals surface area contributed by atoms with Crippen LogP contribution >= 0.6 is 0 Å². The summed E-state index contributed by atoms with van der Waals surface area (Å²) in [6.07, 6.45) is 0.178. The zero-order valence-electron chi connectivity index (χ0n) is 14.6. The van der Waals surface area contributed by atoms with Crippen LogP contribution in [-0.4, -0.2) is 17.9 Å². The second kappa shape index (κ2) is 8.28. The van der Waals surface area contributed by atoms with Gasteiger partial charge in [-0.2, -0.15) is 0 Å². The summed E-state index contributed by atoms with van der Waals surface area (Å²) in [6, 6.07) is 13.5. The van der Waals surface area contributed by atoms with Gasteiger partial charge in [-0.05, 0) is 29.2 Å². The lowest BCUT2D eigenvalue weighted by Crippen LogP contribution is -2.32. The maximum atomic E-state index is 12.4. The topological polar surface area (TPSA) is 81.5 Å². The van der Waals surface area contributed by atoms with E-state index < -0.39 is 4.92 Å². The van der Waals surface area contributed by atoms with E-state index in [4.69, 9.17) is 4.74 Å². The first-order chi connectivity index (χ1) is 11.9. The number of carbonyl (C=O) groups is 1. The van der Waals surface area contributed by atoms with Crippen molar-refractivity contribution in [3.8, 4) is 5.75 Å². The molecule has 1 atom stereocenters. The summed E-state index contributed by atoms with van der Waals surface area (Å²) in [6.45, 7) is 4.09. The monoisotopic (exact) mass is 342 g/mol. The Labute approximate surface area is 147 Å². The van der Waals surface area contributed by atoms with Gasteiger partial charge in [0.15, 0.2) is 0 Å². The highest BCUT2D eigenvalue weighted by Gasteiger charge is 2.18. The second-order valence-corrected chi connectivity index (χ2v) is 6.16. The summed E-state index contributed by atoms with van der Waals surface area (Å²) in [4.78, 5) is 22.6. The molecule has 1 N–H and O–H groups in total. The lowest BCUT2D eigenvalue weighted by Gasteiger charge is -2.23. The van der Waals surface area contributed by atoms with Gasteiger partial charge >= 0.3 is 0 Å². The Morgan fingerprint density at radius 3 is 2.20 bits per heavy atom. The van der Waals surface area contributed by atoms with Crippen molar-refractivity contribution in [2.24, 2.45) is 5.92 Å². The second-order valence-electron chi connectivity index (χ2n) is 6.16. The Kier molecular flexibility index (Phi) is 6.11. The number of nitrogens with zero attached hydrogens (tertiary/aromatic N) is 1. The van der Waals surface area contributed by atoms with Crippen molar-refractivity contribution < 1.29 is 14.5 Å². The molecule has 0 spiro atoms. The summed E-state index contributed by atoms with van der Waals surface area (Å²) in [5.74, 6) is 0.862. The minimum atomic E-state index is -0.456. The first-order valence-electron chi connectivity index (χ1n) is 8.07. The van der Waals surface area contributed by atoms with Crippen LogP contribution in [-0.2, 0) is 11.2 Å². The first-order valence-corrected chi connectivity index (χ1v) is 8.07. The highest BCUT2D eigenvalue weighted by molar-refractivity contribution is 5.79. The van der Waals surface area contributed by atoms with Crippen molar-refractivity contribution in [1.82, 2.24) is 5.32 Å². The zero-order valence-corrected chi connectivity index (χ0v) is 14.6. The van der Waals surface area contributed by atoms with Crippen LogP contribution in [0.25, 0.3) is 0 Å². The molecule has 25 heavy (non-hydrogen) atoms. The highest BCUT2D eigenvalue weighted by Crippen LogP contribution is 2.24. The van der Waals surface area contributed by atoms with Gasteiger partial charge in [-0.3, -0.25) is 14.9 Å². The SMILES string of the molecule is COc1ccc(C(NC(=O)Cc2ccc([N+](=O)[O-])cc2)C(C)C)cc1. The van der Waals surface area contributed by atoms with E-state index in [9.17, 15) is 14.9 Å². The lowest BCUT2D eigenvalue weighted by molar-refractivity contribution is -0.384. The van der Waals surface area contributed by atoms with Crippen LogP contribution in [0.15, 0.2) is 48.5 Å². The summed E-state index contributed by atoms with van der Waals surface area (Å²) in [5.41, 5.74) is 1.76. The van der Waals surface area contributed by atoms with E-state index in [1.807, 2.05) is 38.1 Å². The van der Waals surface area contributed by atoms with E-state index in [-0.39, 0.29) is 30.0 Å². The first kappa shape index (κ1) is 18.4. The van der Waals surface area contributed by atoms with E-state index >= 15 is 0 Å². The van der Waals surface area contributed by atoms with E-state index in [1.54, 1.807) is 19.2 Å². The molecule has 6 heteroatoms. The van der Waals surface area contributed by atoms with Gasteiger partial charge in [-0.1, -0.05) is 38.1 Å². The largest absolute Gasteiger partial charge is 0.497 e. The minimum Gasteiger partial charge on any atom is -0.497 e. The molecule has 0 aromatic heterocycles. The third kappa shape index (κ3) is 5.04. The Morgan fingerprint density at radius 1 is 1.12 bits per heavy atom. The van der Waals surface area contributed by atoms with E-state index in [0.717, 1.165) is 16.9 Å².